The lowest BCUT2D eigenvalue weighted by Gasteiger charge is -2.19. The highest BCUT2D eigenvalue weighted by Crippen LogP contribution is 2.22. The Balaban J connectivity index is 2.76. The molecule has 1 aromatic carbocycles. The molecule has 1 aromatic rings. The predicted molar refractivity (Wildman–Crippen MR) is 82.8 cm³/mol. The smallest absolute Gasteiger partial charge is 0.158 e. The van der Waals surface area contributed by atoms with Crippen LogP contribution in [0.3, 0.4) is 0 Å². The molecule has 21 heavy (non-hydrogen) atoms. The Hall–Kier alpha value is -1.14. The number of benzene rings is 1. The Morgan fingerprint density at radius 3 is 2.48 bits per heavy atom. The quantitative estimate of drug-likeness (QED) is 0.874. The lowest BCUT2D eigenvalue weighted by Crippen LogP contribution is -2.32. The lowest BCUT2D eigenvalue weighted by atomic mass is 10.1. The van der Waals surface area contributed by atoms with E-state index in [0.29, 0.717) is 17.7 Å². The van der Waals surface area contributed by atoms with E-state index in [4.69, 9.17) is 10.5 Å². The summed E-state index contributed by atoms with van der Waals surface area (Å²) in [5.41, 5.74) is 6.38. The highest BCUT2D eigenvalue weighted by molar-refractivity contribution is 7.92. The van der Waals surface area contributed by atoms with Crippen molar-refractivity contribution in [3.63, 3.8) is 0 Å². The molecule has 1 rings (SSSR count). The molecule has 0 bridgehead atoms. The highest BCUT2D eigenvalue weighted by Gasteiger charge is 2.28. The molecule has 2 N–H and O–H groups in total. The van der Waals surface area contributed by atoms with Crippen LogP contribution in [-0.4, -0.2) is 31.6 Å². The van der Waals surface area contributed by atoms with E-state index >= 15 is 0 Å². The van der Waals surface area contributed by atoms with E-state index in [1.807, 2.05) is 6.92 Å². The average molecular weight is 317 g/mol. The van der Waals surface area contributed by atoms with Gasteiger partial charge in [-0.25, -0.2) is 12.8 Å². The minimum atomic E-state index is -3.24. The van der Waals surface area contributed by atoms with Crippen molar-refractivity contribution in [1.29, 1.82) is 0 Å². The molecule has 0 heterocycles. The molecule has 1 atom stereocenters. The third-order valence-electron chi connectivity index (χ3n) is 3.11. The molecule has 0 aromatic heterocycles. The van der Waals surface area contributed by atoms with Gasteiger partial charge in [0.15, 0.2) is 9.84 Å². The summed E-state index contributed by atoms with van der Waals surface area (Å²) in [7, 11) is -3.24. The molecule has 120 valence electrons. The molecule has 0 amide bonds. The summed E-state index contributed by atoms with van der Waals surface area (Å²) >= 11 is 0. The van der Waals surface area contributed by atoms with Crippen molar-refractivity contribution >= 4 is 9.84 Å². The average Bonchev–Trinajstić information content (AvgIpc) is 2.29. The zero-order chi connectivity index (χ0) is 16.3. The predicted octanol–water partition coefficient (Wildman–Crippen LogP) is 2.31. The van der Waals surface area contributed by atoms with Crippen LogP contribution in [0.15, 0.2) is 18.2 Å². The van der Waals surface area contributed by atoms with Crippen molar-refractivity contribution in [3.8, 4) is 5.75 Å². The lowest BCUT2D eigenvalue weighted by molar-refractivity contribution is 0.334. The Labute approximate surface area is 126 Å². The van der Waals surface area contributed by atoms with Gasteiger partial charge in [0.05, 0.1) is 10.5 Å². The summed E-state index contributed by atoms with van der Waals surface area (Å²) in [5.74, 6) is 0.0454. The van der Waals surface area contributed by atoms with E-state index in [-0.39, 0.29) is 24.2 Å². The van der Waals surface area contributed by atoms with Crippen LogP contribution < -0.4 is 10.5 Å². The van der Waals surface area contributed by atoms with Gasteiger partial charge in [-0.3, -0.25) is 0 Å². The van der Waals surface area contributed by atoms with Crippen LogP contribution in [0.4, 0.5) is 4.39 Å². The van der Waals surface area contributed by atoms with Crippen LogP contribution in [0.1, 0.15) is 33.3 Å². The highest BCUT2D eigenvalue weighted by atomic mass is 32.2. The number of sulfone groups is 1. The van der Waals surface area contributed by atoms with Crippen LogP contribution in [-0.2, 0) is 16.3 Å². The summed E-state index contributed by atoms with van der Waals surface area (Å²) in [6.45, 7) is 6.82. The molecule has 0 spiro atoms. The third kappa shape index (κ3) is 5.28. The normalized spacial score (nSPS) is 14.0. The first-order chi connectivity index (χ1) is 9.53. The molecule has 0 aliphatic rings. The van der Waals surface area contributed by atoms with Crippen LogP contribution in [0.5, 0.6) is 5.75 Å². The second-order valence-electron chi connectivity index (χ2n) is 6.21. The second-order valence-corrected chi connectivity index (χ2v) is 9.08. The Bertz CT molecular complexity index is 577. The molecule has 6 heteroatoms. The van der Waals surface area contributed by atoms with E-state index in [2.05, 4.69) is 0 Å². The largest absolute Gasteiger partial charge is 0.492 e. The van der Waals surface area contributed by atoms with Crippen molar-refractivity contribution in [2.45, 2.75) is 44.9 Å². The van der Waals surface area contributed by atoms with Crippen molar-refractivity contribution in [2.75, 3.05) is 12.4 Å². The monoisotopic (exact) mass is 317 g/mol. The van der Waals surface area contributed by atoms with Gasteiger partial charge in [0.25, 0.3) is 0 Å². The van der Waals surface area contributed by atoms with Crippen molar-refractivity contribution in [2.24, 2.45) is 5.73 Å². The van der Waals surface area contributed by atoms with Crippen molar-refractivity contribution in [1.82, 2.24) is 0 Å². The Morgan fingerprint density at radius 2 is 1.95 bits per heavy atom. The molecule has 0 fully saturated rings. The van der Waals surface area contributed by atoms with Gasteiger partial charge in [0, 0.05) is 6.04 Å². The SMILES string of the molecule is CC(N)Cc1cc(F)ccc1OCCS(=O)(=O)C(C)(C)C. The van der Waals surface area contributed by atoms with Gasteiger partial charge in [0.2, 0.25) is 0 Å². The molecule has 0 aliphatic carbocycles. The number of hydrogen-bond acceptors (Lipinski definition) is 4. The fourth-order valence-electron chi connectivity index (χ4n) is 1.76. The number of ether oxygens (including phenoxy) is 1. The minimum absolute atomic E-state index is 0.0389. The molecule has 0 saturated heterocycles. The Morgan fingerprint density at radius 1 is 1.33 bits per heavy atom. The van der Waals surface area contributed by atoms with Gasteiger partial charge < -0.3 is 10.5 Å². The molecule has 1 unspecified atom stereocenters. The zero-order valence-corrected chi connectivity index (χ0v) is 13.8. The first-order valence-electron chi connectivity index (χ1n) is 6.92. The van der Waals surface area contributed by atoms with Gasteiger partial charge in [0.1, 0.15) is 18.2 Å². The van der Waals surface area contributed by atoms with Crippen LogP contribution in [0.2, 0.25) is 0 Å². The van der Waals surface area contributed by atoms with Crippen LogP contribution in [0, 0.1) is 5.82 Å². The Kier molecular flexibility index (Phi) is 5.75. The number of hydrogen-bond donors (Lipinski definition) is 1. The molecule has 0 aliphatic heterocycles. The van der Waals surface area contributed by atoms with Crippen LogP contribution in [0.25, 0.3) is 0 Å². The van der Waals surface area contributed by atoms with Gasteiger partial charge in [-0.1, -0.05) is 0 Å². The maximum Gasteiger partial charge on any atom is 0.158 e. The fourth-order valence-corrected chi connectivity index (χ4v) is 2.68. The van der Waals surface area contributed by atoms with Crippen LogP contribution >= 0.6 is 0 Å². The summed E-state index contributed by atoms with van der Waals surface area (Å²) in [6.07, 6.45) is 0.471. The van der Waals surface area contributed by atoms with E-state index in [1.54, 1.807) is 20.8 Å². The van der Waals surface area contributed by atoms with E-state index in [1.165, 1.54) is 18.2 Å². The summed E-state index contributed by atoms with van der Waals surface area (Å²) in [6, 6.07) is 4.04. The molecule has 4 nitrogen and oxygen atoms in total. The van der Waals surface area contributed by atoms with Gasteiger partial charge in [-0.05, 0) is 57.9 Å². The van der Waals surface area contributed by atoms with E-state index in [0.717, 1.165) is 0 Å². The number of halogens is 1. The summed E-state index contributed by atoms with van der Waals surface area (Å²) in [4.78, 5) is 0. The first-order valence-corrected chi connectivity index (χ1v) is 8.57. The minimum Gasteiger partial charge on any atom is -0.492 e. The standard InChI is InChI=1S/C15H24FNO3S/c1-11(17)9-12-10-13(16)5-6-14(12)20-7-8-21(18,19)15(2,3)4/h5-6,10-11H,7-9,17H2,1-4H3. The van der Waals surface area contributed by atoms with Gasteiger partial charge >= 0.3 is 0 Å². The van der Waals surface area contributed by atoms with Crippen molar-refractivity contribution < 1.29 is 17.5 Å². The molecule has 0 saturated carbocycles. The van der Waals surface area contributed by atoms with Gasteiger partial charge in [-0.15, -0.1) is 0 Å². The maximum atomic E-state index is 13.3. The third-order valence-corrected chi connectivity index (χ3v) is 5.68. The number of nitrogens with two attached hydrogens (primary N) is 1. The van der Waals surface area contributed by atoms with Crippen molar-refractivity contribution in [3.05, 3.63) is 29.6 Å². The zero-order valence-electron chi connectivity index (χ0n) is 13.0. The summed E-state index contributed by atoms with van der Waals surface area (Å²) < 4.78 is 42.0. The number of rotatable bonds is 6. The van der Waals surface area contributed by atoms with Gasteiger partial charge in [-0.2, -0.15) is 0 Å². The molecule has 0 radical (unpaired) electrons. The fraction of sp³-hybridized carbons (Fsp3) is 0.600. The maximum absolute atomic E-state index is 13.3. The van der Waals surface area contributed by atoms with E-state index in [9.17, 15) is 12.8 Å². The first kappa shape index (κ1) is 17.9. The molecular weight excluding hydrogens is 293 g/mol. The molecular formula is C15H24FNO3S. The topological polar surface area (TPSA) is 69.4 Å². The van der Waals surface area contributed by atoms with E-state index < -0.39 is 14.6 Å². The summed E-state index contributed by atoms with van der Waals surface area (Å²) in [5, 5.41) is 0. The second kappa shape index (κ2) is 6.75.